The zero-order valence-corrected chi connectivity index (χ0v) is 12.5. The minimum Gasteiger partial charge on any atom is -0.393 e. The third-order valence-electron chi connectivity index (χ3n) is 3.87. The minimum atomic E-state index is -1.10. The molecule has 0 aromatic heterocycles. The summed E-state index contributed by atoms with van der Waals surface area (Å²) in [4.78, 5) is 0. The molecule has 0 amide bonds. The number of fused-ring (bicyclic) bond motifs is 1. The summed E-state index contributed by atoms with van der Waals surface area (Å²) < 4.78 is 0. The van der Waals surface area contributed by atoms with Crippen LogP contribution in [0.1, 0.15) is 37.9 Å². The molecule has 2 unspecified atom stereocenters. The predicted molar refractivity (Wildman–Crippen MR) is 77.4 cm³/mol. The number of benzene rings is 1. The summed E-state index contributed by atoms with van der Waals surface area (Å²) in [7, 11) is 0. The molecule has 1 aromatic carbocycles. The van der Waals surface area contributed by atoms with Crippen LogP contribution in [0.4, 0.5) is 0 Å². The molecule has 3 nitrogen and oxygen atoms in total. The van der Waals surface area contributed by atoms with Crippen LogP contribution in [-0.4, -0.2) is 29.0 Å². The van der Waals surface area contributed by atoms with Gasteiger partial charge in [-0.3, -0.25) is 0 Å². The fourth-order valence-electron chi connectivity index (χ4n) is 2.77. The zero-order chi connectivity index (χ0) is 14.3. The smallest absolute Gasteiger partial charge is 0.0973 e. The third kappa shape index (κ3) is 3.11. The minimum absolute atomic E-state index is 0.0680. The molecule has 0 saturated heterocycles. The highest BCUT2D eigenvalue weighted by molar-refractivity contribution is 6.30. The Morgan fingerprint density at radius 1 is 1.47 bits per heavy atom. The van der Waals surface area contributed by atoms with E-state index in [0.29, 0.717) is 6.54 Å². The molecule has 0 spiro atoms. The standard InChI is InChI=1S/C15H22ClNO2/c1-14(2)7-10-4-5-11(16)6-12(10)13(14)17-8-15(3,19)9-18/h4-6,13,17-19H,7-9H2,1-3H3. The number of aliphatic hydroxyl groups is 2. The summed E-state index contributed by atoms with van der Waals surface area (Å²) in [6, 6.07) is 6.13. The van der Waals surface area contributed by atoms with Crippen LogP contribution in [0.3, 0.4) is 0 Å². The highest BCUT2D eigenvalue weighted by Gasteiger charge is 2.39. The van der Waals surface area contributed by atoms with Gasteiger partial charge in [0, 0.05) is 17.6 Å². The summed E-state index contributed by atoms with van der Waals surface area (Å²) in [6.07, 6.45) is 0.985. The molecule has 2 atom stereocenters. The molecule has 1 aliphatic carbocycles. The molecule has 0 radical (unpaired) electrons. The molecule has 0 saturated carbocycles. The van der Waals surface area contributed by atoms with Gasteiger partial charge in [0.05, 0.1) is 12.2 Å². The number of aliphatic hydroxyl groups excluding tert-OH is 1. The Morgan fingerprint density at radius 2 is 2.16 bits per heavy atom. The summed E-state index contributed by atoms with van der Waals surface area (Å²) >= 11 is 6.08. The van der Waals surface area contributed by atoms with Crippen molar-refractivity contribution in [2.75, 3.05) is 13.2 Å². The first-order valence-electron chi connectivity index (χ1n) is 6.60. The number of nitrogens with one attached hydrogen (secondary N) is 1. The molecule has 1 aliphatic rings. The van der Waals surface area contributed by atoms with Crippen LogP contribution < -0.4 is 5.32 Å². The monoisotopic (exact) mass is 283 g/mol. The summed E-state index contributed by atoms with van der Waals surface area (Å²) in [5, 5.41) is 23.2. The van der Waals surface area contributed by atoms with Gasteiger partial charge in [0.2, 0.25) is 0 Å². The molecule has 1 aromatic rings. The molecule has 0 fully saturated rings. The lowest BCUT2D eigenvalue weighted by atomic mass is 9.85. The second kappa shape index (κ2) is 5.06. The average molecular weight is 284 g/mol. The number of hydrogen-bond donors (Lipinski definition) is 3. The van der Waals surface area contributed by atoms with Crippen LogP contribution in [0.15, 0.2) is 18.2 Å². The largest absolute Gasteiger partial charge is 0.393 e. The van der Waals surface area contributed by atoms with Crippen molar-refractivity contribution in [1.29, 1.82) is 0 Å². The van der Waals surface area contributed by atoms with Gasteiger partial charge in [0.15, 0.2) is 0 Å². The van der Waals surface area contributed by atoms with Crippen molar-refractivity contribution in [1.82, 2.24) is 5.32 Å². The van der Waals surface area contributed by atoms with Crippen molar-refractivity contribution in [2.24, 2.45) is 5.41 Å². The fourth-order valence-corrected chi connectivity index (χ4v) is 2.95. The first-order chi connectivity index (χ1) is 8.75. The van der Waals surface area contributed by atoms with Gasteiger partial charge in [-0.05, 0) is 42.0 Å². The second-order valence-electron chi connectivity index (χ2n) is 6.48. The highest BCUT2D eigenvalue weighted by atomic mass is 35.5. The molecule has 0 bridgehead atoms. The van der Waals surface area contributed by atoms with Crippen molar-refractivity contribution in [3.8, 4) is 0 Å². The number of hydrogen-bond acceptors (Lipinski definition) is 3. The fraction of sp³-hybridized carbons (Fsp3) is 0.600. The van der Waals surface area contributed by atoms with E-state index in [2.05, 4.69) is 25.2 Å². The van der Waals surface area contributed by atoms with Crippen molar-refractivity contribution >= 4 is 11.6 Å². The van der Waals surface area contributed by atoms with E-state index in [0.717, 1.165) is 11.4 Å². The Labute approximate surface area is 119 Å². The highest BCUT2D eigenvalue weighted by Crippen LogP contribution is 2.45. The lowest BCUT2D eigenvalue weighted by Gasteiger charge is -2.32. The molecule has 3 N–H and O–H groups in total. The van der Waals surface area contributed by atoms with Gasteiger partial charge in [-0.1, -0.05) is 31.5 Å². The molecule has 0 heterocycles. The third-order valence-corrected chi connectivity index (χ3v) is 4.11. The van der Waals surface area contributed by atoms with Gasteiger partial charge in [-0.15, -0.1) is 0 Å². The first-order valence-corrected chi connectivity index (χ1v) is 6.98. The van der Waals surface area contributed by atoms with E-state index in [9.17, 15) is 5.11 Å². The maximum Gasteiger partial charge on any atom is 0.0973 e. The molecule has 106 valence electrons. The Morgan fingerprint density at radius 3 is 2.79 bits per heavy atom. The molecule has 19 heavy (non-hydrogen) atoms. The normalized spacial score (nSPS) is 24.0. The molecule has 0 aliphatic heterocycles. The van der Waals surface area contributed by atoms with Crippen molar-refractivity contribution in [3.63, 3.8) is 0 Å². The lowest BCUT2D eigenvalue weighted by molar-refractivity contribution is -0.00213. The van der Waals surface area contributed by atoms with Crippen LogP contribution in [0.5, 0.6) is 0 Å². The number of rotatable bonds is 4. The predicted octanol–water partition coefficient (Wildman–Crippen LogP) is 2.30. The van der Waals surface area contributed by atoms with Crippen molar-refractivity contribution in [3.05, 3.63) is 34.3 Å². The molecule has 2 rings (SSSR count). The van der Waals surface area contributed by atoms with E-state index in [-0.39, 0.29) is 18.1 Å². The maximum atomic E-state index is 9.92. The van der Waals surface area contributed by atoms with Gasteiger partial charge >= 0.3 is 0 Å². The summed E-state index contributed by atoms with van der Waals surface area (Å²) in [5.41, 5.74) is 1.47. The maximum absolute atomic E-state index is 9.92. The Hall–Kier alpha value is -0.610. The van der Waals surface area contributed by atoms with E-state index in [1.807, 2.05) is 12.1 Å². The summed E-state index contributed by atoms with van der Waals surface area (Å²) in [6.45, 7) is 6.12. The Balaban J connectivity index is 2.22. The SMILES string of the molecule is CC(O)(CO)CNC1c2cc(Cl)ccc2CC1(C)C. The van der Waals surface area contributed by atoms with E-state index < -0.39 is 5.60 Å². The quantitative estimate of drug-likeness (QED) is 0.795. The van der Waals surface area contributed by atoms with E-state index in [4.69, 9.17) is 16.7 Å². The van der Waals surface area contributed by atoms with E-state index >= 15 is 0 Å². The Kier molecular flexibility index (Phi) is 3.94. The average Bonchev–Trinajstić information content (AvgIpc) is 2.56. The van der Waals surface area contributed by atoms with Crippen LogP contribution >= 0.6 is 11.6 Å². The van der Waals surface area contributed by atoms with Crippen LogP contribution in [0, 0.1) is 5.41 Å². The molecular weight excluding hydrogens is 262 g/mol. The van der Waals surface area contributed by atoms with E-state index in [1.165, 1.54) is 11.1 Å². The van der Waals surface area contributed by atoms with Crippen molar-refractivity contribution < 1.29 is 10.2 Å². The van der Waals surface area contributed by atoms with E-state index in [1.54, 1.807) is 6.92 Å². The van der Waals surface area contributed by atoms with Crippen LogP contribution in [0.2, 0.25) is 5.02 Å². The lowest BCUT2D eigenvalue weighted by Crippen LogP contribution is -2.44. The molecular formula is C15H22ClNO2. The van der Waals surface area contributed by atoms with Crippen LogP contribution in [-0.2, 0) is 6.42 Å². The van der Waals surface area contributed by atoms with Gasteiger partial charge in [0.1, 0.15) is 0 Å². The van der Waals surface area contributed by atoms with Gasteiger partial charge in [0.25, 0.3) is 0 Å². The zero-order valence-electron chi connectivity index (χ0n) is 11.7. The Bertz CT molecular complexity index is 471. The van der Waals surface area contributed by atoms with Crippen LogP contribution in [0.25, 0.3) is 0 Å². The van der Waals surface area contributed by atoms with Crippen molar-refractivity contribution in [2.45, 2.75) is 38.8 Å². The van der Waals surface area contributed by atoms with Gasteiger partial charge in [-0.25, -0.2) is 0 Å². The van der Waals surface area contributed by atoms with Gasteiger partial charge < -0.3 is 15.5 Å². The number of halogens is 1. The second-order valence-corrected chi connectivity index (χ2v) is 6.91. The summed E-state index contributed by atoms with van der Waals surface area (Å²) in [5.74, 6) is 0. The topological polar surface area (TPSA) is 52.5 Å². The first kappa shape index (κ1) is 14.8. The van der Waals surface area contributed by atoms with Gasteiger partial charge in [-0.2, -0.15) is 0 Å². The molecule has 4 heteroatoms.